The van der Waals surface area contributed by atoms with Crippen LogP contribution in [0.4, 0.5) is 0 Å². The monoisotopic (exact) mass is 275 g/mol. The molecular formula is C17H25NO2. The van der Waals surface area contributed by atoms with Crippen LogP contribution in [0.25, 0.3) is 0 Å². The van der Waals surface area contributed by atoms with Gasteiger partial charge in [-0.2, -0.15) is 0 Å². The molecule has 0 radical (unpaired) electrons. The van der Waals surface area contributed by atoms with Crippen LogP contribution in [-0.2, 0) is 11.2 Å². The first-order chi connectivity index (χ1) is 9.92. The van der Waals surface area contributed by atoms with Crippen LogP contribution in [0.15, 0.2) is 24.3 Å². The van der Waals surface area contributed by atoms with E-state index in [0.717, 1.165) is 50.7 Å². The smallest absolute Gasteiger partial charge is 0.123 e. The van der Waals surface area contributed by atoms with Gasteiger partial charge in [-0.15, -0.1) is 0 Å². The Morgan fingerprint density at radius 3 is 2.95 bits per heavy atom. The number of para-hydroxylation sites is 1. The third-order valence-electron chi connectivity index (χ3n) is 4.29. The first kappa shape index (κ1) is 13.9. The molecule has 0 amide bonds. The standard InChI is InChI=1S/C17H25NO2/c1-2-8-17(20-16-7-4-10-19-13-16)15(6-1)11-14-5-3-9-18-12-14/h1-2,6,8,14,16,18H,3-5,7,9-13H2. The van der Waals surface area contributed by atoms with Crippen LogP contribution in [0.5, 0.6) is 5.75 Å². The lowest BCUT2D eigenvalue weighted by Gasteiger charge is -2.26. The minimum Gasteiger partial charge on any atom is -0.488 e. The van der Waals surface area contributed by atoms with E-state index in [9.17, 15) is 0 Å². The lowest BCUT2D eigenvalue weighted by atomic mass is 9.92. The summed E-state index contributed by atoms with van der Waals surface area (Å²) in [6, 6.07) is 8.52. The molecule has 2 heterocycles. The largest absolute Gasteiger partial charge is 0.488 e. The molecule has 2 unspecified atom stereocenters. The molecule has 0 bridgehead atoms. The van der Waals surface area contributed by atoms with Gasteiger partial charge in [-0.25, -0.2) is 0 Å². The average Bonchev–Trinajstić information content (AvgIpc) is 2.51. The number of rotatable bonds is 4. The van der Waals surface area contributed by atoms with Crippen LogP contribution in [0.2, 0.25) is 0 Å². The molecule has 2 atom stereocenters. The molecule has 2 aliphatic rings. The van der Waals surface area contributed by atoms with Gasteiger partial charge in [-0.3, -0.25) is 0 Å². The van der Waals surface area contributed by atoms with Crippen molar-refractivity contribution in [3.63, 3.8) is 0 Å². The van der Waals surface area contributed by atoms with Crippen molar-refractivity contribution >= 4 is 0 Å². The zero-order valence-corrected chi connectivity index (χ0v) is 12.1. The zero-order chi connectivity index (χ0) is 13.6. The third-order valence-corrected chi connectivity index (χ3v) is 4.29. The Balaban J connectivity index is 1.63. The fraction of sp³-hybridized carbons (Fsp3) is 0.647. The van der Waals surface area contributed by atoms with Crippen LogP contribution in [0, 0.1) is 5.92 Å². The molecule has 3 rings (SSSR count). The van der Waals surface area contributed by atoms with E-state index in [2.05, 4.69) is 29.6 Å². The van der Waals surface area contributed by atoms with Crippen molar-refractivity contribution in [2.45, 2.75) is 38.2 Å². The molecule has 0 aliphatic carbocycles. The van der Waals surface area contributed by atoms with Crippen LogP contribution in [0.3, 0.4) is 0 Å². The van der Waals surface area contributed by atoms with Crippen molar-refractivity contribution in [2.24, 2.45) is 5.92 Å². The maximum Gasteiger partial charge on any atom is 0.123 e. The lowest BCUT2D eigenvalue weighted by Crippen LogP contribution is -2.31. The molecule has 2 saturated heterocycles. The predicted octanol–water partition coefficient (Wildman–Crippen LogP) is 2.79. The number of nitrogens with one attached hydrogen (secondary N) is 1. The minimum absolute atomic E-state index is 0.231. The summed E-state index contributed by atoms with van der Waals surface area (Å²) in [4.78, 5) is 0. The van der Waals surface area contributed by atoms with Crippen LogP contribution >= 0.6 is 0 Å². The number of hydrogen-bond acceptors (Lipinski definition) is 3. The van der Waals surface area contributed by atoms with Crippen molar-refractivity contribution in [3.05, 3.63) is 29.8 Å². The highest BCUT2D eigenvalue weighted by Gasteiger charge is 2.19. The molecule has 3 heteroatoms. The van der Waals surface area contributed by atoms with Crippen LogP contribution < -0.4 is 10.1 Å². The molecule has 0 saturated carbocycles. The zero-order valence-electron chi connectivity index (χ0n) is 12.1. The summed E-state index contributed by atoms with van der Waals surface area (Å²) in [7, 11) is 0. The van der Waals surface area contributed by atoms with Gasteiger partial charge in [0.1, 0.15) is 11.9 Å². The van der Waals surface area contributed by atoms with Crippen molar-refractivity contribution in [2.75, 3.05) is 26.3 Å². The normalized spacial score (nSPS) is 27.2. The molecule has 110 valence electrons. The summed E-state index contributed by atoms with van der Waals surface area (Å²) in [5, 5.41) is 3.50. The second-order valence-electron chi connectivity index (χ2n) is 5.98. The maximum atomic E-state index is 6.18. The fourth-order valence-electron chi connectivity index (χ4n) is 3.18. The number of benzene rings is 1. The molecule has 2 fully saturated rings. The predicted molar refractivity (Wildman–Crippen MR) is 80.2 cm³/mol. The maximum absolute atomic E-state index is 6.18. The summed E-state index contributed by atoms with van der Waals surface area (Å²) < 4.78 is 11.7. The highest BCUT2D eigenvalue weighted by atomic mass is 16.5. The Morgan fingerprint density at radius 2 is 2.15 bits per heavy atom. The molecule has 0 spiro atoms. The van der Waals surface area contributed by atoms with Gasteiger partial charge in [0, 0.05) is 6.61 Å². The van der Waals surface area contributed by atoms with Crippen molar-refractivity contribution in [1.82, 2.24) is 5.32 Å². The summed E-state index contributed by atoms with van der Waals surface area (Å²) in [6.45, 7) is 3.93. The fourth-order valence-corrected chi connectivity index (χ4v) is 3.18. The number of hydrogen-bond donors (Lipinski definition) is 1. The molecule has 1 aromatic carbocycles. The van der Waals surface area contributed by atoms with Gasteiger partial charge in [-0.05, 0) is 62.7 Å². The summed E-state index contributed by atoms with van der Waals surface area (Å²) in [6.07, 6.45) is 6.20. The van der Waals surface area contributed by atoms with Gasteiger partial charge < -0.3 is 14.8 Å². The molecule has 20 heavy (non-hydrogen) atoms. The SMILES string of the molecule is c1ccc(OC2CCCOC2)c(CC2CCCNC2)c1. The number of ether oxygens (including phenoxy) is 2. The lowest BCUT2D eigenvalue weighted by molar-refractivity contribution is 0.00696. The first-order valence-corrected chi connectivity index (χ1v) is 7.95. The van der Waals surface area contributed by atoms with Gasteiger partial charge in [0.15, 0.2) is 0 Å². The van der Waals surface area contributed by atoms with Crippen molar-refractivity contribution in [1.29, 1.82) is 0 Å². The number of piperidine rings is 1. The van der Waals surface area contributed by atoms with Crippen molar-refractivity contribution in [3.8, 4) is 5.75 Å². The second kappa shape index (κ2) is 7.09. The van der Waals surface area contributed by atoms with E-state index in [1.165, 1.54) is 24.9 Å². The summed E-state index contributed by atoms with van der Waals surface area (Å²) in [5.41, 5.74) is 1.35. The Hall–Kier alpha value is -1.06. The van der Waals surface area contributed by atoms with E-state index >= 15 is 0 Å². The average molecular weight is 275 g/mol. The molecule has 2 aliphatic heterocycles. The highest BCUT2D eigenvalue weighted by Crippen LogP contribution is 2.26. The Bertz CT molecular complexity index is 370. The molecule has 3 nitrogen and oxygen atoms in total. The summed E-state index contributed by atoms with van der Waals surface area (Å²) in [5.74, 6) is 1.81. The van der Waals surface area contributed by atoms with E-state index in [0.29, 0.717) is 0 Å². The van der Waals surface area contributed by atoms with E-state index in [-0.39, 0.29) is 6.10 Å². The van der Waals surface area contributed by atoms with Crippen LogP contribution in [-0.4, -0.2) is 32.4 Å². The van der Waals surface area contributed by atoms with Gasteiger partial charge in [0.2, 0.25) is 0 Å². The van der Waals surface area contributed by atoms with Crippen LogP contribution in [0.1, 0.15) is 31.2 Å². The molecule has 0 aromatic heterocycles. The molecular weight excluding hydrogens is 250 g/mol. The Kier molecular flexibility index (Phi) is 4.93. The summed E-state index contributed by atoms with van der Waals surface area (Å²) >= 11 is 0. The van der Waals surface area contributed by atoms with Gasteiger partial charge in [0.05, 0.1) is 6.61 Å². The van der Waals surface area contributed by atoms with E-state index in [1.54, 1.807) is 0 Å². The first-order valence-electron chi connectivity index (χ1n) is 7.95. The molecule has 1 N–H and O–H groups in total. The van der Waals surface area contributed by atoms with E-state index in [4.69, 9.17) is 9.47 Å². The van der Waals surface area contributed by atoms with Gasteiger partial charge in [0.25, 0.3) is 0 Å². The molecule has 1 aromatic rings. The quantitative estimate of drug-likeness (QED) is 0.916. The Morgan fingerprint density at radius 1 is 1.20 bits per heavy atom. The van der Waals surface area contributed by atoms with Crippen molar-refractivity contribution < 1.29 is 9.47 Å². The van der Waals surface area contributed by atoms with Gasteiger partial charge >= 0.3 is 0 Å². The topological polar surface area (TPSA) is 30.5 Å². The minimum atomic E-state index is 0.231. The van der Waals surface area contributed by atoms with E-state index in [1.807, 2.05) is 0 Å². The second-order valence-corrected chi connectivity index (χ2v) is 5.98. The van der Waals surface area contributed by atoms with Gasteiger partial charge in [-0.1, -0.05) is 18.2 Å². The van der Waals surface area contributed by atoms with E-state index < -0.39 is 0 Å². The third kappa shape index (κ3) is 3.74. The Labute approximate surface area is 121 Å². The highest BCUT2D eigenvalue weighted by molar-refractivity contribution is 5.34.